The highest BCUT2D eigenvalue weighted by Gasteiger charge is 2.34. The second-order valence-electron chi connectivity index (χ2n) is 5.96. The molecule has 1 aliphatic carbocycles. The molecule has 0 spiro atoms. The molecule has 1 aromatic heterocycles. The largest absolute Gasteiger partial charge is 0.481 e. The van der Waals surface area contributed by atoms with E-state index >= 15 is 0 Å². The number of carboxylic acid groups (broad SMARTS) is 1. The number of hydrogen-bond acceptors (Lipinski definition) is 3. The van der Waals surface area contributed by atoms with E-state index in [0.29, 0.717) is 25.0 Å². The van der Waals surface area contributed by atoms with Gasteiger partial charge in [0.2, 0.25) is 5.91 Å². The van der Waals surface area contributed by atoms with Gasteiger partial charge in [-0.25, -0.2) is 0 Å². The number of fused-ring (bicyclic) bond motifs is 1. The van der Waals surface area contributed by atoms with Crippen LogP contribution >= 0.6 is 0 Å². The Morgan fingerprint density at radius 2 is 2.00 bits per heavy atom. The standard InChI is InChI=1S/C17H19NO4/c1-10(15-9-11-4-2-3-5-14(11)22-15)18-16(19)12-6-7-13(8-12)17(20)21/h2-5,9-10,12-13H,6-8H2,1H3,(H,18,19)(H,20,21)/t10?,12-,13+/m1/s1. The van der Waals surface area contributed by atoms with Crippen LogP contribution in [-0.2, 0) is 9.59 Å². The highest BCUT2D eigenvalue weighted by atomic mass is 16.4. The maximum atomic E-state index is 12.3. The summed E-state index contributed by atoms with van der Waals surface area (Å²) < 4.78 is 5.74. The van der Waals surface area contributed by atoms with Crippen molar-refractivity contribution in [3.63, 3.8) is 0 Å². The molecule has 5 nitrogen and oxygen atoms in total. The van der Waals surface area contributed by atoms with Gasteiger partial charge in [-0.1, -0.05) is 18.2 Å². The fourth-order valence-corrected chi connectivity index (χ4v) is 3.06. The Balaban J connectivity index is 1.65. The van der Waals surface area contributed by atoms with Crippen LogP contribution in [0.1, 0.15) is 38.0 Å². The van der Waals surface area contributed by atoms with Gasteiger partial charge < -0.3 is 14.8 Å². The molecule has 1 aromatic carbocycles. The third-order valence-corrected chi connectivity index (χ3v) is 4.38. The van der Waals surface area contributed by atoms with Crippen LogP contribution in [0.25, 0.3) is 11.0 Å². The van der Waals surface area contributed by atoms with Crippen LogP contribution in [0.2, 0.25) is 0 Å². The molecule has 1 aliphatic rings. The Bertz CT molecular complexity index is 673. The number of benzene rings is 1. The zero-order valence-corrected chi connectivity index (χ0v) is 12.4. The predicted molar refractivity (Wildman–Crippen MR) is 81.2 cm³/mol. The van der Waals surface area contributed by atoms with E-state index in [0.717, 1.165) is 11.0 Å². The van der Waals surface area contributed by atoms with Crippen LogP contribution < -0.4 is 5.32 Å². The summed E-state index contributed by atoms with van der Waals surface area (Å²) in [5.41, 5.74) is 0.797. The number of para-hydroxylation sites is 1. The Morgan fingerprint density at radius 1 is 1.27 bits per heavy atom. The van der Waals surface area contributed by atoms with E-state index in [1.807, 2.05) is 37.3 Å². The zero-order valence-electron chi connectivity index (χ0n) is 12.4. The number of carboxylic acids is 1. The van der Waals surface area contributed by atoms with Crippen molar-refractivity contribution in [2.24, 2.45) is 11.8 Å². The van der Waals surface area contributed by atoms with Crippen LogP contribution in [0.5, 0.6) is 0 Å². The fraction of sp³-hybridized carbons (Fsp3) is 0.412. The van der Waals surface area contributed by atoms with Crippen molar-refractivity contribution in [2.75, 3.05) is 0 Å². The van der Waals surface area contributed by atoms with Gasteiger partial charge in [0.1, 0.15) is 11.3 Å². The highest BCUT2D eigenvalue weighted by molar-refractivity contribution is 5.82. The Morgan fingerprint density at radius 3 is 2.68 bits per heavy atom. The second kappa shape index (κ2) is 5.83. The number of rotatable bonds is 4. The van der Waals surface area contributed by atoms with Crippen molar-refractivity contribution in [3.05, 3.63) is 36.1 Å². The summed E-state index contributed by atoms with van der Waals surface area (Å²) in [6.45, 7) is 1.87. The molecule has 1 unspecified atom stereocenters. The first kappa shape index (κ1) is 14.6. The van der Waals surface area contributed by atoms with Crippen molar-refractivity contribution in [3.8, 4) is 0 Å². The average Bonchev–Trinajstić information content (AvgIpc) is 3.14. The minimum atomic E-state index is -0.805. The first-order valence-corrected chi connectivity index (χ1v) is 7.56. The summed E-state index contributed by atoms with van der Waals surface area (Å²) >= 11 is 0. The molecule has 1 saturated carbocycles. The number of furan rings is 1. The number of aliphatic carboxylic acids is 1. The highest BCUT2D eigenvalue weighted by Crippen LogP contribution is 2.32. The summed E-state index contributed by atoms with van der Waals surface area (Å²) in [5, 5.41) is 12.9. The number of carbonyl (C=O) groups is 2. The van der Waals surface area contributed by atoms with Gasteiger partial charge in [-0.3, -0.25) is 9.59 Å². The minimum absolute atomic E-state index is 0.0864. The van der Waals surface area contributed by atoms with Crippen LogP contribution in [0, 0.1) is 11.8 Å². The molecule has 0 radical (unpaired) electrons. The fourth-order valence-electron chi connectivity index (χ4n) is 3.06. The van der Waals surface area contributed by atoms with Gasteiger partial charge in [0.05, 0.1) is 12.0 Å². The minimum Gasteiger partial charge on any atom is -0.481 e. The van der Waals surface area contributed by atoms with Crippen molar-refractivity contribution < 1.29 is 19.1 Å². The molecular weight excluding hydrogens is 282 g/mol. The van der Waals surface area contributed by atoms with Crippen molar-refractivity contribution in [1.82, 2.24) is 5.32 Å². The van der Waals surface area contributed by atoms with E-state index in [4.69, 9.17) is 9.52 Å². The van der Waals surface area contributed by atoms with Crippen molar-refractivity contribution in [1.29, 1.82) is 0 Å². The Labute approximate surface area is 128 Å². The lowest BCUT2D eigenvalue weighted by atomic mass is 10.0. The lowest BCUT2D eigenvalue weighted by Crippen LogP contribution is -2.31. The molecule has 5 heteroatoms. The first-order valence-electron chi connectivity index (χ1n) is 7.56. The van der Waals surface area contributed by atoms with Crippen LogP contribution in [0.3, 0.4) is 0 Å². The molecule has 1 fully saturated rings. The van der Waals surface area contributed by atoms with Crippen LogP contribution in [-0.4, -0.2) is 17.0 Å². The van der Waals surface area contributed by atoms with Crippen molar-refractivity contribution in [2.45, 2.75) is 32.2 Å². The lowest BCUT2D eigenvalue weighted by Gasteiger charge is -2.15. The molecule has 1 amide bonds. The van der Waals surface area contributed by atoms with E-state index in [2.05, 4.69) is 5.32 Å². The molecule has 116 valence electrons. The van der Waals surface area contributed by atoms with Gasteiger partial charge in [-0.15, -0.1) is 0 Å². The molecule has 3 rings (SSSR count). The van der Waals surface area contributed by atoms with Gasteiger partial charge in [-0.2, -0.15) is 0 Å². The number of nitrogens with one attached hydrogen (secondary N) is 1. The van der Waals surface area contributed by atoms with E-state index in [1.54, 1.807) is 0 Å². The van der Waals surface area contributed by atoms with Gasteiger partial charge in [0.25, 0.3) is 0 Å². The molecule has 0 bridgehead atoms. The summed E-state index contributed by atoms with van der Waals surface area (Å²) in [6.07, 6.45) is 1.64. The summed E-state index contributed by atoms with van der Waals surface area (Å²) in [4.78, 5) is 23.2. The maximum Gasteiger partial charge on any atom is 0.306 e. The maximum absolute atomic E-state index is 12.3. The molecule has 2 N–H and O–H groups in total. The zero-order chi connectivity index (χ0) is 15.7. The predicted octanol–water partition coefficient (Wildman–Crippen LogP) is 3.11. The van der Waals surface area contributed by atoms with Gasteiger partial charge in [0, 0.05) is 11.3 Å². The molecule has 3 atom stereocenters. The lowest BCUT2D eigenvalue weighted by molar-refractivity contribution is -0.141. The van der Waals surface area contributed by atoms with Gasteiger partial charge in [-0.05, 0) is 38.3 Å². The Hall–Kier alpha value is -2.30. The van der Waals surface area contributed by atoms with E-state index in [1.165, 1.54) is 0 Å². The van der Waals surface area contributed by atoms with Crippen LogP contribution in [0.4, 0.5) is 0 Å². The van der Waals surface area contributed by atoms with Crippen molar-refractivity contribution >= 4 is 22.8 Å². The van der Waals surface area contributed by atoms with E-state index in [-0.39, 0.29) is 17.9 Å². The monoisotopic (exact) mass is 301 g/mol. The Kier molecular flexibility index (Phi) is 3.88. The second-order valence-corrected chi connectivity index (χ2v) is 5.96. The number of hydrogen-bond donors (Lipinski definition) is 2. The summed E-state index contributed by atoms with van der Waals surface area (Å²) in [5.74, 6) is -0.787. The van der Waals surface area contributed by atoms with E-state index in [9.17, 15) is 9.59 Å². The molecule has 0 aliphatic heterocycles. The van der Waals surface area contributed by atoms with Gasteiger partial charge >= 0.3 is 5.97 Å². The summed E-state index contributed by atoms with van der Waals surface area (Å²) in [7, 11) is 0. The molecule has 22 heavy (non-hydrogen) atoms. The quantitative estimate of drug-likeness (QED) is 0.909. The SMILES string of the molecule is CC(NC(=O)[C@@H]1CC[C@H](C(=O)O)C1)c1cc2ccccc2o1. The normalized spacial score (nSPS) is 22.6. The number of carbonyl (C=O) groups excluding carboxylic acids is 1. The van der Waals surface area contributed by atoms with Crippen LogP contribution in [0.15, 0.2) is 34.7 Å². The molecular formula is C17H19NO4. The smallest absolute Gasteiger partial charge is 0.306 e. The third-order valence-electron chi connectivity index (χ3n) is 4.38. The number of amides is 1. The average molecular weight is 301 g/mol. The van der Waals surface area contributed by atoms with Gasteiger partial charge in [0.15, 0.2) is 0 Å². The summed E-state index contributed by atoms with van der Waals surface area (Å²) in [6, 6.07) is 9.39. The molecule has 1 heterocycles. The third kappa shape index (κ3) is 2.84. The topological polar surface area (TPSA) is 79.5 Å². The molecule has 0 saturated heterocycles. The molecule has 2 aromatic rings. The van der Waals surface area contributed by atoms with E-state index < -0.39 is 11.9 Å². The first-order chi connectivity index (χ1) is 10.5.